The van der Waals surface area contributed by atoms with Crippen LogP contribution in [0.1, 0.15) is 31.7 Å². The molecule has 232 valence electrons. The minimum absolute atomic E-state index is 0.0126. The van der Waals surface area contributed by atoms with Gasteiger partial charge in [0, 0.05) is 17.7 Å². The number of anilines is 3. The molecule has 1 aliphatic rings. The molecule has 1 fully saturated rings. The highest BCUT2D eigenvalue weighted by molar-refractivity contribution is 7.90. The number of hydrogen-bond acceptors (Lipinski definition) is 9. The number of rotatable bonds is 5. The minimum Gasteiger partial charge on any atom is -0.475 e. The largest absolute Gasteiger partial charge is 0.490 e. The summed E-state index contributed by atoms with van der Waals surface area (Å²) in [5, 5.41) is 17.7. The number of aliphatic carboxylic acids is 1. The Balaban J connectivity index is 0.000000493. The Kier molecular flexibility index (Phi) is 7.79. The highest BCUT2D eigenvalue weighted by Crippen LogP contribution is 2.34. The fourth-order valence-electron chi connectivity index (χ4n) is 5.00. The summed E-state index contributed by atoms with van der Waals surface area (Å²) >= 11 is 0. The average Bonchev–Trinajstić information content (AvgIpc) is 3.68. The van der Waals surface area contributed by atoms with Crippen molar-refractivity contribution in [3.8, 4) is 5.69 Å². The highest BCUT2D eigenvalue weighted by atomic mass is 32.2. The first-order chi connectivity index (χ1) is 20.7. The van der Waals surface area contributed by atoms with Crippen molar-refractivity contribution in [1.82, 2.24) is 29.3 Å². The van der Waals surface area contributed by atoms with Crippen molar-refractivity contribution in [2.24, 2.45) is 0 Å². The number of aromatic amines is 1. The van der Waals surface area contributed by atoms with Crippen LogP contribution in [0, 0.1) is 5.82 Å². The summed E-state index contributed by atoms with van der Waals surface area (Å²) < 4.78 is 73.1. The smallest absolute Gasteiger partial charge is 0.475 e. The normalized spacial score (nSPS) is 14.1. The predicted octanol–water partition coefficient (Wildman–Crippen LogP) is 4.08. The number of benzene rings is 2. The van der Waals surface area contributed by atoms with Gasteiger partial charge in [-0.1, -0.05) is 18.9 Å². The van der Waals surface area contributed by atoms with E-state index in [0.717, 1.165) is 48.9 Å². The van der Waals surface area contributed by atoms with Gasteiger partial charge < -0.3 is 16.2 Å². The molecule has 3 heterocycles. The van der Waals surface area contributed by atoms with Crippen LogP contribution in [-0.2, 0) is 14.6 Å². The monoisotopic (exact) mass is 636 g/mol. The second kappa shape index (κ2) is 11.3. The quantitative estimate of drug-likeness (QED) is 0.205. The van der Waals surface area contributed by atoms with E-state index in [4.69, 9.17) is 15.6 Å². The van der Waals surface area contributed by atoms with Gasteiger partial charge in [-0.15, -0.1) is 0 Å². The summed E-state index contributed by atoms with van der Waals surface area (Å²) in [4.78, 5) is 31.5. The number of H-pyrrole nitrogens is 1. The lowest BCUT2D eigenvalue weighted by molar-refractivity contribution is -0.192. The van der Waals surface area contributed by atoms with Crippen LogP contribution in [-0.4, -0.2) is 61.2 Å². The van der Waals surface area contributed by atoms with Gasteiger partial charge in [0.2, 0.25) is 5.95 Å². The van der Waals surface area contributed by atoms with Crippen LogP contribution in [0.15, 0.2) is 52.3 Å². The second-order valence-corrected chi connectivity index (χ2v) is 12.0. The fraction of sp³-hybridized carbons (Fsp3) is 0.269. The van der Waals surface area contributed by atoms with Gasteiger partial charge in [-0.25, -0.2) is 22.4 Å². The van der Waals surface area contributed by atoms with Gasteiger partial charge in [0.25, 0.3) is 0 Å². The Labute approximate surface area is 245 Å². The average molecular weight is 637 g/mol. The number of carbonyl (C=O) groups is 1. The molecule has 2 aromatic carbocycles. The van der Waals surface area contributed by atoms with E-state index in [1.807, 2.05) is 18.2 Å². The van der Waals surface area contributed by atoms with Crippen molar-refractivity contribution in [3.05, 3.63) is 58.9 Å². The molecule has 3 aromatic heterocycles. The summed E-state index contributed by atoms with van der Waals surface area (Å²) in [7, 11) is -3.57. The molecule has 0 amide bonds. The third kappa shape index (κ3) is 5.79. The number of nitrogen functional groups attached to an aromatic ring is 1. The van der Waals surface area contributed by atoms with Crippen molar-refractivity contribution in [2.45, 2.75) is 42.8 Å². The zero-order valence-electron chi connectivity index (χ0n) is 22.8. The molecule has 0 aliphatic heterocycles. The summed E-state index contributed by atoms with van der Waals surface area (Å²) in [6.07, 6.45) is 1.19. The maximum atomic E-state index is 14.7. The first-order valence-electron chi connectivity index (χ1n) is 13.0. The minimum atomic E-state index is -5.08. The molecule has 0 radical (unpaired) electrons. The van der Waals surface area contributed by atoms with E-state index in [1.54, 1.807) is 10.8 Å². The molecule has 1 saturated carbocycles. The highest BCUT2D eigenvalue weighted by Gasteiger charge is 2.38. The number of halogens is 4. The van der Waals surface area contributed by atoms with Gasteiger partial charge in [0.05, 0.1) is 28.0 Å². The first-order valence-corrected chi connectivity index (χ1v) is 14.9. The Morgan fingerprint density at radius 2 is 1.84 bits per heavy atom. The molecule has 1 aliphatic carbocycles. The van der Waals surface area contributed by atoms with Gasteiger partial charge in [0.15, 0.2) is 21.3 Å². The van der Waals surface area contributed by atoms with Gasteiger partial charge >= 0.3 is 17.8 Å². The van der Waals surface area contributed by atoms with E-state index in [9.17, 15) is 30.8 Å². The molecule has 5 aromatic rings. The van der Waals surface area contributed by atoms with Crippen LogP contribution in [0.25, 0.3) is 27.8 Å². The van der Waals surface area contributed by atoms with Gasteiger partial charge in [0.1, 0.15) is 11.3 Å². The molecular weight excluding hydrogens is 612 g/mol. The number of aromatic nitrogens is 6. The number of imidazole rings is 1. The maximum Gasteiger partial charge on any atom is 0.490 e. The third-order valence-corrected chi connectivity index (χ3v) is 8.10. The Hall–Kier alpha value is -5.00. The van der Waals surface area contributed by atoms with Crippen LogP contribution in [0.2, 0.25) is 0 Å². The number of hydrogen-bond donors (Lipinski definition) is 4. The SMILES string of the molecule is CS(=O)(=O)c1ccc(Nc2nc(N)c3c(n2)n(C2CCCC2)c(=O)n3-c2cccc3[nH]ncc23)c(F)c1.O=C(O)C(F)(F)F. The van der Waals surface area contributed by atoms with E-state index >= 15 is 0 Å². The van der Waals surface area contributed by atoms with E-state index < -0.39 is 27.8 Å². The Morgan fingerprint density at radius 1 is 1.16 bits per heavy atom. The lowest BCUT2D eigenvalue weighted by Gasteiger charge is -2.12. The molecule has 0 unspecified atom stereocenters. The maximum absolute atomic E-state index is 14.7. The number of carboxylic acid groups (broad SMARTS) is 1. The lowest BCUT2D eigenvalue weighted by Crippen LogP contribution is -2.26. The van der Waals surface area contributed by atoms with E-state index in [0.29, 0.717) is 16.9 Å². The number of alkyl halides is 3. The molecule has 0 saturated heterocycles. The number of carboxylic acids is 1. The molecule has 44 heavy (non-hydrogen) atoms. The van der Waals surface area contributed by atoms with E-state index in [2.05, 4.69) is 25.5 Å². The molecule has 0 spiro atoms. The van der Waals surface area contributed by atoms with Crippen LogP contribution < -0.4 is 16.7 Å². The van der Waals surface area contributed by atoms with Gasteiger partial charge in [-0.2, -0.15) is 28.2 Å². The molecule has 13 nitrogen and oxygen atoms in total. The zero-order chi connectivity index (χ0) is 32.0. The van der Waals surface area contributed by atoms with Crippen LogP contribution in [0.4, 0.5) is 35.0 Å². The third-order valence-electron chi connectivity index (χ3n) is 6.99. The predicted molar refractivity (Wildman–Crippen MR) is 151 cm³/mol. The topological polar surface area (TPSA) is 191 Å². The van der Waals surface area contributed by atoms with Gasteiger partial charge in [-0.3, -0.25) is 14.2 Å². The first kappa shape index (κ1) is 30.5. The molecule has 5 N–H and O–H groups in total. The Morgan fingerprint density at radius 3 is 2.45 bits per heavy atom. The van der Waals surface area contributed by atoms with E-state index in [-0.39, 0.29) is 34.1 Å². The zero-order valence-corrected chi connectivity index (χ0v) is 23.6. The summed E-state index contributed by atoms with van der Waals surface area (Å²) in [6.45, 7) is 0. The molecule has 0 atom stereocenters. The van der Waals surface area contributed by atoms with E-state index in [1.165, 1.54) is 16.7 Å². The summed E-state index contributed by atoms with van der Waals surface area (Å²) in [5.74, 6) is -3.52. The van der Waals surface area contributed by atoms with Crippen molar-refractivity contribution >= 4 is 55.3 Å². The second-order valence-electron chi connectivity index (χ2n) is 9.98. The van der Waals surface area contributed by atoms with Gasteiger partial charge in [-0.05, 0) is 43.2 Å². The number of nitrogens with zero attached hydrogens (tertiary/aromatic N) is 5. The van der Waals surface area contributed by atoms with Crippen LogP contribution in [0.5, 0.6) is 0 Å². The number of nitrogens with one attached hydrogen (secondary N) is 2. The molecule has 18 heteroatoms. The van der Waals surface area contributed by atoms with Crippen molar-refractivity contribution in [3.63, 3.8) is 0 Å². The van der Waals surface area contributed by atoms with Crippen LogP contribution >= 0.6 is 0 Å². The molecule has 6 rings (SSSR count). The number of nitrogens with two attached hydrogens (primary N) is 1. The Bertz CT molecular complexity index is 2060. The lowest BCUT2D eigenvalue weighted by atomic mass is 10.2. The summed E-state index contributed by atoms with van der Waals surface area (Å²) in [5.41, 5.74) is 8.13. The van der Waals surface area contributed by atoms with Crippen LogP contribution in [0.3, 0.4) is 0 Å². The molecule has 0 bridgehead atoms. The summed E-state index contributed by atoms with van der Waals surface area (Å²) in [6, 6.07) is 8.93. The van der Waals surface area contributed by atoms with Crippen molar-refractivity contribution < 1.29 is 35.9 Å². The standard InChI is InChI=1S/C24H23FN8O3S.C2HF3O2/c1-37(35,36)14-9-10-18(16(25)11-14)28-23-29-21(26)20-22(30-23)32(13-5-2-3-6-13)24(34)33(20)19-8-4-7-17-15(19)12-27-31-17;3-2(4,5)1(6)7/h4,7-13H,2-3,5-6H2,1H3,(H,27,31)(H3,26,28,29,30);(H,6,7). The van der Waals surface area contributed by atoms with Crippen molar-refractivity contribution in [2.75, 3.05) is 17.3 Å². The molecular formula is C26H24F4N8O5S. The number of fused-ring (bicyclic) bond motifs is 2. The number of sulfone groups is 1. The fourth-order valence-corrected chi connectivity index (χ4v) is 5.64. The van der Waals surface area contributed by atoms with Crippen molar-refractivity contribution in [1.29, 1.82) is 0 Å².